The third kappa shape index (κ3) is 5.85. The molecule has 0 unspecified atom stereocenters. The Bertz CT molecular complexity index is 440. The van der Waals surface area contributed by atoms with Crippen LogP contribution in [0.2, 0.25) is 0 Å². The number of pyridine rings is 1. The van der Waals surface area contributed by atoms with E-state index in [-0.39, 0.29) is 6.42 Å². The lowest BCUT2D eigenvalue weighted by Gasteiger charge is -2.24. The van der Waals surface area contributed by atoms with Crippen molar-refractivity contribution in [2.24, 2.45) is 0 Å². The number of aliphatic carboxylic acids is 1. The third-order valence-corrected chi connectivity index (χ3v) is 2.16. The fraction of sp³-hybridized carbons (Fsp3) is 0.462. The van der Waals surface area contributed by atoms with Crippen LogP contribution in [-0.4, -0.2) is 28.7 Å². The summed E-state index contributed by atoms with van der Waals surface area (Å²) in [7, 11) is 0. The van der Waals surface area contributed by atoms with Crippen LogP contribution in [0.25, 0.3) is 0 Å². The number of carbonyl (C=O) groups is 2. The predicted octanol–water partition coefficient (Wildman–Crippen LogP) is 0.267. The highest BCUT2D eigenvalue weighted by molar-refractivity contribution is 5.79. The van der Waals surface area contributed by atoms with Gasteiger partial charge in [-0.1, -0.05) is 0 Å². The van der Waals surface area contributed by atoms with E-state index in [1.165, 1.54) is 0 Å². The van der Waals surface area contributed by atoms with Gasteiger partial charge < -0.3 is 20.0 Å². The summed E-state index contributed by atoms with van der Waals surface area (Å²) in [5.74, 6) is -1.36. The van der Waals surface area contributed by atoms with Crippen LogP contribution in [0.5, 0.6) is 0 Å². The second kappa shape index (κ2) is 6.17. The lowest BCUT2D eigenvalue weighted by atomic mass is 10.1. The first kappa shape index (κ1) is 14.9. The maximum atomic E-state index is 11.5. The SMILES string of the molecule is CC(C)(C)OC(=O)N[C@@H](Cc1ccncc1)C(=O)[O-]. The van der Waals surface area contributed by atoms with Gasteiger partial charge in [-0.25, -0.2) is 4.79 Å². The molecule has 0 aliphatic carbocycles. The number of carboxylic acids is 1. The maximum Gasteiger partial charge on any atom is 0.408 e. The highest BCUT2D eigenvalue weighted by atomic mass is 16.6. The molecule has 1 heterocycles. The third-order valence-electron chi connectivity index (χ3n) is 2.16. The Labute approximate surface area is 111 Å². The van der Waals surface area contributed by atoms with Gasteiger partial charge in [-0.05, 0) is 44.9 Å². The predicted molar refractivity (Wildman–Crippen MR) is 66.1 cm³/mol. The van der Waals surface area contributed by atoms with Gasteiger partial charge in [0.1, 0.15) is 5.60 Å². The number of aromatic nitrogens is 1. The van der Waals surface area contributed by atoms with Crippen LogP contribution < -0.4 is 10.4 Å². The zero-order valence-electron chi connectivity index (χ0n) is 11.2. The standard InChI is InChI=1S/C13H18N2O4/c1-13(2,3)19-12(18)15-10(11(16)17)8-9-4-6-14-7-5-9/h4-7,10H,8H2,1-3H3,(H,15,18)(H,16,17)/p-1/t10-/m0/s1. The summed E-state index contributed by atoms with van der Waals surface area (Å²) in [6.45, 7) is 5.09. The summed E-state index contributed by atoms with van der Waals surface area (Å²) >= 11 is 0. The van der Waals surface area contributed by atoms with Gasteiger partial charge in [0.25, 0.3) is 0 Å². The van der Waals surface area contributed by atoms with Gasteiger partial charge in [-0.2, -0.15) is 0 Å². The van der Waals surface area contributed by atoms with E-state index < -0.39 is 23.7 Å². The minimum Gasteiger partial charge on any atom is -0.548 e. The molecule has 1 aromatic rings. The Kier molecular flexibility index (Phi) is 4.86. The van der Waals surface area contributed by atoms with Crippen LogP contribution in [0.3, 0.4) is 0 Å². The molecule has 1 rings (SSSR count). The van der Waals surface area contributed by atoms with Crippen molar-refractivity contribution in [3.63, 3.8) is 0 Å². The monoisotopic (exact) mass is 265 g/mol. The first-order valence-electron chi connectivity index (χ1n) is 5.87. The molecule has 1 N–H and O–H groups in total. The summed E-state index contributed by atoms with van der Waals surface area (Å²) < 4.78 is 5.00. The summed E-state index contributed by atoms with van der Waals surface area (Å²) in [5.41, 5.74) is 0.0530. The van der Waals surface area contributed by atoms with Crippen LogP contribution >= 0.6 is 0 Å². The summed E-state index contributed by atoms with van der Waals surface area (Å²) in [5, 5.41) is 13.3. The molecule has 19 heavy (non-hydrogen) atoms. The van der Waals surface area contributed by atoms with Crippen molar-refractivity contribution in [2.75, 3.05) is 0 Å². The van der Waals surface area contributed by atoms with Crippen molar-refractivity contribution in [2.45, 2.75) is 38.8 Å². The normalized spacial score (nSPS) is 12.6. The summed E-state index contributed by atoms with van der Waals surface area (Å²) in [6.07, 6.45) is 2.43. The minimum absolute atomic E-state index is 0.115. The molecule has 0 aliphatic heterocycles. The number of rotatable bonds is 4. The van der Waals surface area contributed by atoms with E-state index in [4.69, 9.17) is 4.74 Å². The fourth-order valence-corrected chi connectivity index (χ4v) is 1.40. The van der Waals surface area contributed by atoms with Crippen LogP contribution in [0.1, 0.15) is 26.3 Å². The smallest absolute Gasteiger partial charge is 0.408 e. The van der Waals surface area contributed by atoms with E-state index in [1.54, 1.807) is 45.3 Å². The molecule has 6 heteroatoms. The molecule has 0 bridgehead atoms. The van der Waals surface area contributed by atoms with E-state index in [9.17, 15) is 14.7 Å². The molecular formula is C13H17N2O4-. The molecule has 6 nitrogen and oxygen atoms in total. The molecule has 0 fully saturated rings. The second-order valence-electron chi connectivity index (χ2n) is 5.08. The second-order valence-corrected chi connectivity index (χ2v) is 5.08. The molecule has 0 saturated heterocycles. The highest BCUT2D eigenvalue weighted by Crippen LogP contribution is 2.08. The van der Waals surface area contributed by atoms with E-state index in [0.717, 1.165) is 5.56 Å². The zero-order valence-corrected chi connectivity index (χ0v) is 11.2. The number of hydrogen-bond acceptors (Lipinski definition) is 5. The fourth-order valence-electron chi connectivity index (χ4n) is 1.40. The van der Waals surface area contributed by atoms with Gasteiger partial charge in [-0.3, -0.25) is 4.98 Å². The molecular weight excluding hydrogens is 248 g/mol. The number of amides is 1. The Morgan fingerprint density at radius 1 is 1.37 bits per heavy atom. The van der Waals surface area contributed by atoms with Crippen LogP contribution in [-0.2, 0) is 16.0 Å². The number of carbonyl (C=O) groups excluding carboxylic acids is 2. The van der Waals surface area contributed by atoms with Crippen molar-refractivity contribution in [1.82, 2.24) is 10.3 Å². The average Bonchev–Trinajstić information content (AvgIpc) is 2.26. The number of nitrogens with zero attached hydrogens (tertiary/aromatic N) is 1. The molecule has 1 amide bonds. The highest BCUT2D eigenvalue weighted by Gasteiger charge is 2.20. The number of carboxylic acid groups (broad SMARTS) is 1. The Hall–Kier alpha value is -2.11. The molecule has 0 spiro atoms. The minimum atomic E-state index is -1.36. The van der Waals surface area contributed by atoms with Crippen LogP contribution in [0, 0.1) is 0 Å². The topological polar surface area (TPSA) is 91.3 Å². The van der Waals surface area contributed by atoms with Crippen molar-refractivity contribution >= 4 is 12.1 Å². The van der Waals surface area contributed by atoms with E-state index >= 15 is 0 Å². The van der Waals surface area contributed by atoms with Gasteiger partial charge >= 0.3 is 6.09 Å². The molecule has 0 saturated carbocycles. The molecule has 0 aromatic carbocycles. The van der Waals surface area contributed by atoms with Crippen molar-refractivity contribution in [3.8, 4) is 0 Å². The number of nitrogens with one attached hydrogen (secondary N) is 1. The lowest BCUT2D eigenvalue weighted by Crippen LogP contribution is -2.50. The van der Waals surface area contributed by atoms with Crippen molar-refractivity contribution < 1.29 is 19.4 Å². The maximum absolute atomic E-state index is 11.5. The van der Waals surface area contributed by atoms with E-state index in [1.807, 2.05) is 0 Å². The molecule has 0 aliphatic rings. The Balaban J connectivity index is 2.64. The summed E-state index contributed by atoms with van der Waals surface area (Å²) in [6, 6.07) is 2.21. The quantitative estimate of drug-likeness (QED) is 0.843. The van der Waals surface area contributed by atoms with Crippen LogP contribution in [0.4, 0.5) is 4.79 Å². The van der Waals surface area contributed by atoms with E-state index in [2.05, 4.69) is 10.3 Å². The van der Waals surface area contributed by atoms with E-state index in [0.29, 0.717) is 0 Å². The average molecular weight is 265 g/mol. The zero-order chi connectivity index (χ0) is 14.5. The van der Waals surface area contributed by atoms with Crippen molar-refractivity contribution in [1.29, 1.82) is 0 Å². The van der Waals surface area contributed by atoms with Gasteiger partial charge in [-0.15, -0.1) is 0 Å². The number of ether oxygens (including phenoxy) is 1. The number of hydrogen-bond donors (Lipinski definition) is 1. The molecule has 1 aromatic heterocycles. The molecule has 104 valence electrons. The molecule has 1 atom stereocenters. The van der Waals surface area contributed by atoms with Crippen LogP contribution in [0.15, 0.2) is 24.5 Å². The van der Waals surface area contributed by atoms with Crippen molar-refractivity contribution in [3.05, 3.63) is 30.1 Å². The first-order valence-corrected chi connectivity index (χ1v) is 5.87. The summed E-state index contributed by atoms with van der Waals surface area (Å²) in [4.78, 5) is 26.4. The van der Waals surface area contributed by atoms with Gasteiger partial charge in [0.15, 0.2) is 0 Å². The van der Waals surface area contributed by atoms with Gasteiger partial charge in [0, 0.05) is 12.4 Å². The number of alkyl carbamates (subject to hydrolysis) is 1. The molecule has 0 radical (unpaired) electrons. The Morgan fingerprint density at radius 3 is 2.42 bits per heavy atom. The lowest BCUT2D eigenvalue weighted by molar-refractivity contribution is -0.308. The largest absolute Gasteiger partial charge is 0.548 e. The van der Waals surface area contributed by atoms with Gasteiger partial charge in [0.2, 0.25) is 0 Å². The Morgan fingerprint density at radius 2 is 1.95 bits per heavy atom. The van der Waals surface area contributed by atoms with Gasteiger partial charge in [0.05, 0.1) is 12.0 Å². The first-order chi connectivity index (χ1) is 8.78.